The first-order valence-electron chi connectivity index (χ1n) is 5.88. The standard InChI is InChI=1S/C13H15N3O2S/c1-7-6-10(9(3)19-7)8(2)14-12-5-4-11(13(17)18)15-16-12/h4-6,8H,1-3H3,(H,14,16)(H,17,18). The molecule has 2 aromatic rings. The summed E-state index contributed by atoms with van der Waals surface area (Å²) in [5, 5.41) is 19.5. The maximum Gasteiger partial charge on any atom is 0.356 e. The van der Waals surface area contributed by atoms with Gasteiger partial charge in [0.25, 0.3) is 0 Å². The fraction of sp³-hybridized carbons (Fsp3) is 0.308. The Morgan fingerprint density at radius 3 is 2.58 bits per heavy atom. The molecule has 1 atom stereocenters. The molecule has 5 nitrogen and oxygen atoms in total. The topological polar surface area (TPSA) is 75.1 Å². The Kier molecular flexibility index (Phi) is 3.80. The van der Waals surface area contributed by atoms with Crippen LogP contribution in [0, 0.1) is 13.8 Å². The zero-order chi connectivity index (χ0) is 14.0. The summed E-state index contributed by atoms with van der Waals surface area (Å²) in [5.74, 6) is -0.503. The van der Waals surface area contributed by atoms with Crippen LogP contribution in [-0.4, -0.2) is 21.3 Å². The summed E-state index contributed by atoms with van der Waals surface area (Å²) in [7, 11) is 0. The number of hydrogen-bond donors (Lipinski definition) is 2. The van der Waals surface area contributed by atoms with Crippen molar-refractivity contribution >= 4 is 23.1 Å². The maximum atomic E-state index is 10.7. The summed E-state index contributed by atoms with van der Waals surface area (Å²) in [5.41, 5.74) is 1.17. The zero-order valence-electron chi connectivity index (χ0n) is 11.0. The van der Waals surface area contributed by atoms with Gasteiger partial charge >= 0.3 is 5.97 Å². The van der Waals surface area contributed by atoms with E-state index in [9.17, 15) is 4.79 Å². The molecule has 6 heteroatoms. The van der Waals surface area contributed by atoms with Crippen LogP contribution in [0.4, 0.5) is 5.82 Å². The highest BCUT2D eigenvalue weighted by molar-refractivity contribution is 7.12. The van der Waals surface area contributed by atoms with Gasteiger partial charge in [0.2, 0.25) is 0 Å². The molecule has 2 rings (SSSR count). The number of aromatic carboxylic acids is 1. The zero-order valence-corrected chi connectivity index (χ0v) is 11.8. The van der Waals surface area contributed by atoms with Gasteiger partial charge in [0.05, 0.1) is 6.04 Å². The van der Waals surface area contributed by atoms with Gasteiger partial charge in [0.1, 0.15) is 5.82 Å². The van der Waals surface area contributed by atoms with Gasteiger partial charge in [-0.15, -0.1) is 21.5 Å². The molecule has 0 amide bonds. The number of nitrogens with one attached hydrogen (secondary N) is 1. The lowest BCUT2D eigenvalue weighted by Gasteiger charge is -2.14. The maximum absolute atomic E-state index is 10.7. The van der Waals surface area contributed by atoms with E-state index in [1.165, 1.54) is 21.4 Å². The normalized spacial score (nSPS) is 12.2. The summed E-state index contributed by atoms with van der Waals surface area (Å²) in [6, 6.07) is 5.32. The number of aryl methyl sites for hydroxylation is 2. The van der Waals surface area contributed by atoms with Crippen LogP contribution >= 0.6 is 11.3 Å². The Hall–Kier alpha value is -1.95. The van der Waals surface area contributed by atoms with Crippen LogP contribution in [-0.2, 0) is 0 Å². The third-order valence-corrected chi connectivity index (χ3v) is 3.78. The van der Waals surface area contributed by atoms with Gasteiger partial charge in [-0.1, -0.05) is 0 Å². The third-order valence-electron chi connectivity index (χ3n) is 2.79. The van der Waals surface area contributed by atoms with Crippen LogP contribution in [0.5, 0.6) is 0 Å². The highest BCUT2D eigenvalue weighted by Gasteiger charge is 2.12. The molecule has 2 heterocycles. The fourth-order valence-corrected chi connectivity index (χ4v) is 2.93. The highest BCUT2D eigenvalue weighted by Crippen LogP contribution is 2.27. The third kappa shape index (κ3) is 3.08. The van der Waals surface area contributed by atoms with Crippen molar-refractivity contribution < 1.29 is 9.90 Å². The van der Waals surface area contributed by atoms with Crippen molar-refractivity contribution in [1.82, 2.24) is 10.2 Å². The van der Waals surface area contributed by atoms with Gasteiger partial charge in [-0.3, -0.25) is 0 Å². The summed E-state index contributed by atoms with van der Waals surface area (Å²) < 4.78 is 0. The van der Waals surface area contributed by atoms with Crippen LogP contribution in [0.1, 0.15) is 38.8 Å². The number of hydrogen-bond acceptors (Lipinski definition) is 5. The number of carbonyl (C=O) groups is 1. The van der Waals surface area contributed by atoms with Crippen LogP contribution in [0.25, 0.3) is 0 Å². The van der Waals surface area contributed by atoms with Gasteiger partial charge in [-0.25, -0.2) is 4.79 Å². The lowest BCUT2D eigenvalue weighted by Crippen LogP contribution is -2.10. The quantitative estimate of drug-likeness (QED) is 0.898. The summed E-state index contributed by atoms with van der Waals surface area (Å²) in [4.78, 5) is 13.2. The average Bonchev–Trinajstić information content (AvgIpc) is 2.69. The Balaban J connectivity index is 2.12. The molecule has 0 aromatic carbocycles. The van der Waals surface area contributed by atoms with Crippen molar-refractivity contribution in [2.45, 2.75) is 26.8 Å². The Morgan fingerprint density at radius 2 is 2.11 bits per heavy atom. The van der Waals surface area contributed by atoms with Gasteiger partial charge in [-0.2, -0.15) is 0 Å². The molecule has 0 saturated carbocycles. The lowest BCUT2D eigenvalue weighted by atomic mass is 10.1. The molecule has 100 valence electrons. The van der Waals surface area contributed by atoms with Crippen LogP contribution < -0.4 is 5.32 Å². The van der Waals surface area contributed by atoms with Crippen molar-refractivity contribution in [1.29, 1.82) is 0 Å². The van der Waals surface area contributed by atoms with Crippen molar-refractivity contribution in [3.8, 4) is 0 Å². The summed E-state index contributed by atoms with van der Waals surface area (Å²) in [6.45, 7) is 6.21. The first-order chi connectivity index (χ1) is 8.97. The second-order valence-electron chi connectivity index (χ2n) is 4.34. The van der Waals surface area contributed by atoms with Crippen LogP contribution in [0.2, 0.25) is 0 Å². The number of thiophene rings is 1. The first-order valence-corrected chi connectivity index (χ1v) is 6.69. The van der Waals surface area contributed by atoms with Gasteiger partial charge in [-0.05, 0) is 44.5 Å². The molecule has 0 saturated heterocycles. The molecule has 0 bridgehead atoms. The molecule has 0 aliphatic carbocycles. The second-order valence-corrected chi connectivity index (χ2v) is 5.80. The van der Waals surface area contributed by atoms with E-state index in [1.54, 1.807) is 17.4 Å². The van der Waals surface area contributed by atoms with Crippen molar-refractivity contribution in [2.24, 2.45) is 0 Å². The Morgan fingerprint density at radius 1 is 1.37 bits per heavy atom. The van der Waals surface area contributed by atoms with Gasteiger partial charge < -0.3 is 10.4 Å². The second kappa shape index (κ2) is 5.36. The first kappa shape index (κ1) is 13.5. The van der Waals surface area contributed by atoms with Crippen molar-refractivity contribution in [2.75, 3.05) is 5.32 Å². The molecule has 2 aromatic heterocycles. The monoisotopic (exact) mass is 277 g/mol. The van der Waals surface area contributed by atoms with Crippen molar-refractivity contribution in [3.05, 3.63) is 39.2 Å². The molecule has 19 heavy (non-hydrogen) atoms. The number of aromatic nitrogens is 2. The smallest absolute Gasteiger partial charge is 0.356 e. The predicted molar refractivity (Wildman–Crippen MR) is 74.8 cm³/mol. The molecule has 1 unspecified atom stereocenters. The number of anilines is 1. The van der Waals surface area contributed by atoms with E-state index < -0.39 is 5.97 Å². The van der Waals surface area contributed by atoms with Gasteiger partial charge in [0, 0.05) is 9.75 Å². The number of carboxylic acids is 1. The summed E-state index contributed by atoms with van der Waals surface area (Å²) in [6.07, 6.45) is 0. The molecule has 0 aliphatic heterocycles. The van der Waals surface area contributed by atoms with E-state index in [0.29, 0.717) is 5.82 Å². The minimum Gasteiger partial charge on any atom is -0.476 e. The molecule has 0 spiro atoms. The van der Waals surface area contributed by atoms with Crippen molar-refractivity contribution in [3.63, 3.8) is 0 Å². The minimum absolute atomic E-state index is 0.0549. The molecule has 2 N–H and O–H groups in total. The van der Waals surface area contributed by atoms with E-state index >= 15 is 0 Å². The largest absolute Gasteiger partial charge is 0.476 e. The van der Waals surface area contributed by atoms with E-state index in [2.05, 4.69) is 35.4 Å². The average molecular weight is 277 g/mol. The Labute approximate surface area is 115 Å². The molecular weight excluding hydrogens is 262 g/mol. The minimum atomic E-state index is -1.07. The molecular formula is C13H15N3O2S. The lowest BCUT2D eigenvalue weighted by molar-refractivity contribution is 0.0689. The highest BCUT2D eigenvalue weighted by atomic mass is 32.1. The predicted octanol–water partition coefficient (Wildman–Crippen LogP) is 3.03. The van der Waals surface area contributed by atoms with Crippen LogP contribution in [0.3, 0.4) is 0 Å². The number of carboxylic acid groups (broad SMARTS) is 1. The summed E-state index contributed by atoms with van der Waals surface area (Å²) >= 11 is 1.76. The van der Waals surface area contributed by atoms with Gasteiger partial charge in [0.15, 0.2) is 5.69 Å². The molecule has 0 aliphatic rings. The number of rotatable bonds is 4. The molecule has 0 fully saturated rings. The Bertz CT molecular complexity index is 592. The van der Waals surface area contributed by atoms with E-state index in [-0.39, 0.29) is 11.7 Å². The van der Waals surface area contributed by atoms with E-state index in [4.69, 9.17) is 5.11 Å². The molecule has 0 radical (unpaired) electrons. The van der Waals surface area contributed by atoms with E-state index in [1.807, 2.05) is 6.92 Å². The number of nitrogens with zero attached hydrogens (tertiary/aromatic N) is 2. The fourth-order valence-electron chi connectivity index (χ4n) is 1.90. The SMILES string of the molecule is Cc1cc(C(C)Nc2ccc(C(=O)O)nn2)c(C)s1. The van der Waals surface area contributed by atoms with Crippen LogP contribution in [0.15, 0.2) is 18.2 Å². The van der Waals surface area contributed by atoms with E-state index in [0.717, 1.165) is 0 Å².